The van der Waals surface area contributed by atoms with Gasteiger partial charge in [0, 0.05) is 42.3 Å². The van der Waals surface area contributed by atoms with Gasteiger partial charge in [-0.05, 0) is 31.0 Å². The second kappa shape index (κ2) is 9.27. The maximum Gasteiger partial charge on any atom is 0.227 e. The number of carbonyl (C=O) groups excluding carboxylic acids is 2. The van der Waals surface area contributed by atoms with Crippen LogP contribution in [0.1, 0.15) is 34.8 Å². The molecule has 1 amide bonds. The lowest BCUT2D eigenvalue weighted by Gasteiger charge is -2.39. The summed E-state index contributed by atoms with van der Waals surface area (Å²) in [7, 11) is 0. The number of Topliss-reactive ketones (excluding diaryl/α,β-unsaturated/α-hetero) is 1. The summed E-state index contributed by atoms with van der Waals surface area (Å²) in [5, 5.41) is 0.941. The van der Waals surface area contributed by atoms with Crippen molar-refractivity contribution in [1.29, 1.82) is 0 Å². The Morgan fingerprint density at radius 2 is 1.72 bits per heavy atom. The molecule has 0 aliphatic carbocycles. The number of carbonyl (C=O) groups is 2. The van der Waals surface area contributed by atoms with Gasteiger partial charge >= 0.3 is 0 Å². The number of benzene rings is 2. The Morgan fingerprint density at radius 1 is 0.969 bits per heavy atom. The van der Waals surface area contributed by atoms with E-state index in [1.54, 1.807) is 0 Å². The molecule has 0 bridgehead atoms. The first-order valence-electron chi connectivity index (χ1n) is 11.5. The second-order valence-electron chi connectivity index (χ2n) is 8.70. The number of hydrogen-bond acceptors (Lipinski definition) is 4. The van der Waals surface area contributed by atoms with Crippen LogP contribution in [0.4, 0.5) is 0 Å². The van der Waals surface area contributed by atoms with E-state index >= 15 is 0 Å². The fourth-order valence-corrected chi connectivity index (χ4v) is 5.07. The van der Waals surface area contributed by atoms with Gasteiger partial charge in [0.15, 0.2) is 5.78 Å². The highest BCUT2D eigenvalue weighted by Gasteiger charge is 2.36. The van der Waals surface area contributed by atoms with Crippen LogP contribution in [0, 0.1) is 5.92 Å². The molecule has 166 valence electrons. The van der Waals surface area contributed by atoms with Crippen LogP contribution >= 0.6 is 0 Å². The molecule has 1 N–H and O–H groups in total. The number of aromatic amines is 1. The minimum Gasteiger partial charge on any atom is -0.378 e. The summed E-state index contributed by atoms with van der Waals surface area (Å²) in [6, 6.07) is 17.5. The van der Waals surface area contributed by atoms with Crippen molar-refractivity contribution in [1.82, 2.24) is 14.8 Å². The monoisotopic (exact) mass is 431 g/mol. The van der Waals surface area contributed by atoms with Crippen LogP contribution in [0.3, 0.4) is 0 Å². The van der Waals surface area contributed by atoms with Crippen LogP contribution in [0.15, 0.2) is 60.8 Å². The molecular weight excluding hydrogens is 402 g/mol. The van der Waals surface area contributed by atoms with E-state index in [4.69, 9.17) is 4.74 Å². The topological polar surface area (TPSA) is 65.6 Å². The van der Waals surface area contributed by atoms with Gasteiger partial charge < -0.3 is 14.6 Å². The van der Waals surface area contributed by atoms with E-state index in [0.717, 1.165) is 35.9 Å². The van der Waals surface area contributed by atoms with Gasteiger partial charge in [0.1, 0.15) is 0 Å². The highest BCUT2D eigenvalue weighted by molar-refractivity contribution is 6.10. The quantitative estimate of drug-likeness (QED) is 0.626. The van der Waals surface area contributed by atoms with Crippen molar-refractivity contribution in [3.63, 3.8) is 0 Å². The molecule has 0 saturated carbocycles. The third-order valence-corrected chi connectivity index (χ3v) is 6.71. The van der Waals surface area contributed by atoms with E-state index in [-0.39, 0.29) is 17.6 Å². The summed E-state index contributed by atoms with van der Waals surface area (Å²) in [6.45, 7) is 3.93. The van der Waals surface area contributed by atoms with Crippen molar-refractivity contribution < 1.29 is 14.3 Å². The predicted octanol–water partition coefficient (Wildman–Crippen LogP) is 3.66. The van der Waals surface area contributed by atoms with Crippen LogP contribution in [0.25, 0.3) is 10.9 Å². The number of ketones is 1. The highest BCUT2D eigenvalue weighted by atomic mass is 16.5. The molecule has 0 spiro atoms. The number of nitrogens with one attached hydrogen (secondary N) is 1. The maximum absolute atomic E-state index is 13.9. The summed E-state index contributed by atoms with van der Waals surface area (Å²) >= 11 is 0. The van der Waals surface area contributed by atoms with Gasteiger partial charge in [-0.15, -0.1) is 0 Å². The van der Waals surface area contributed by atoms with Crippen molar-refractivity contribution in [2.24, 2.45) is 5.92 Å². The number of H-pyrrole nitrogens is 1. The Hall–Kier alpha value is -2.96. The number of piperidine rings is 1. The average molecular weight is 432 g/mol. The Bertz CT molecular complexity index is 1090. The summed E-state index contributed by atoms with van der Waals surface area (Å²) in [5.74, 6) is 0.196. The van der Waals surface area contributed by atoms with Crippen LogP contribution in [0.5, 0.6) is 0 Å². The Kier molecular flexibility index (Phi) is 6.06. The molecule has 6 heteroatoms. The normalized spacial score (nSPS) is 20.9. The van der Waals surface area contributed by atoms with E-state index in [2.05, 4.69) is 9.88 Å². The SMILES string of the molecule is O=C(c1c[nH]c2ccccc12)[C@H](c1ccccc1)N1CCC[C@H](C(=O)N2CCOCC2)C1. The third kappa shape index (κ3) is 4.08. The van der Waals surface area contributed by atoms with Gasteiger partial charge in [-0.1, -0.05) is 48.5 Å². The molecule has 32 heavy (non-hydrogen) atoms. The molecule has 0 radical (unpaired) electrons. The van der Waals surface area contributed by atoms with Gasteiger partial charge in [-0.2, -0.15) is 0 Å². The average Bonchev–Trinajstić information content (AvgIpc) is 3.29. The van der Waals surface area contributed by atoms with E-state index < -0.39 is 6.04 Å². The summed E-state index contributed by atoms with van der Waals surface area (Å²) < 4.78 is 5.41. The molecule has 6 nitrogen and oxygen atoms in total. The Morgan fingerprint density at radius 3 is 2.53 bits per heavy atom. The molecule has 2 aromatic carbocycles. The summed E-state index contributed by atoms with van der Waals surface area (Å²) in [4.78, 5) is 34.5. The number of morpholine rings is 1. The van der Waals surface area contributed by atoms with E-state index in [1.165, 1.54) is 0 Å². The minimum absolute atomic E-state index is 0.0770. The smallest absolute Gasteiger partial charge is 0.227 e. The lowest BCUT2D eigenvalue weighted by atomic mass is 9.90. The fourth-order valence-electron chi connectivity index (χ4n) is 5.07. The number of ether oxygens (including phenoxy) is 1. The van der Waals surface area contributed by atoms with Crippen molar-refractivity contribution in [2.45, 2.75) is 18.9 Å². The van der Waals surface area contributed by atoms with Crippen LogP contribution < -0.4 is 0 Å². The molecule has 3 heterocycles. The fraction of sp³-hybridized carbons (Fsp3) is 0.385. The number of para-hydroxylation sites is 1. The van der Waals surface area contributed by atoms with Crippen LogP contribution in [0.2, 0.25) is 0 Å². The number of amides is 1. The number of nitrogens with zero attached hydrogens (tertiary/aromatic N) is 2. The standard InChI is InChI=1S/C26H29N3O3/c30-25(22-17-27-23-11-5-4-10-21(22)23)24(19-7-2-1-3-8-19)29-12-6-9-20(18-29)26(31)28-13-15-32-16-14-28/h1-5,7-8,10-11,17,20,24,27H,6,9,12-16,18H2/t20-,24-/m0/s1. The lowest BCUT2D eigenvalue weighted by molar-refractivity contribution is -0.141. The first-order chi connectivity index (χ1) is 15.7. The maximum atomic E-state index is 13.9. The van der Waals surface area contributed by atoms with Crippen molar-refractivity contribution in [2.75, 3.05) is 39.4 Å². The van der Waals surface area contributed by atoms with Gasteiger partial charge in [-0.25, -0.2) is 0 Å². The van der Waals surface area contributed by atoms with E-state index in [1.807, 2.05) is 65.7 Å². The van der Waals surface area contributed by atoms with Crippen molar-refractivity contribution in [3.8, 4) is 0 Å². The predicted molar refractivity (Wildman–Crippen MR) is 124 cm³/mol. The van der Waals surface area contributed by atoms with Crippen LogP contribution in [-0.4, -0.2) is 65.9 Å². The molecule has 3 aromatic rings. The minimum atomic E-state index is -0.407. The Labute approximate surface area is 188 Å². The zero-order valence-corrected chi connectivity index (χ0v) is 18.2. The molecule has 2 saturated heterocycles. The van der Waals surface area contributed by atoms with Gasteiger partial charge in [-0.3, -0.25) is 14.5 Å². The van der Waals surface area contributed by atoms with E-state index in [9.17, 15) is 9.59 Å². The number of likely N-dealkylation sites (tertiary alicyclic amines) is 1. The first-order valence-corrected chi connectivity index (χ1v) is 11.5. The molecule has 2 aliphatic heterocycles. The van der Waals surface area contributed by atoms with E-state index in [0.29, 0.717) is 38.4 Å². The second-order valence-corrected chi connectivity index (χ2v) is 8.70. The largest absolute Gasteiger partial charge is 0.378 e. The molecule has 0 unspecified atom stereocenters. The highest BCUT2D eigenvalue weighted by Crippen LogP contribution is 2.32. The zero-order valence-electron chi connectivity index (χ0n) is 18.2. The molecule has 1 aromatic heterocycles. The number of hydrogen-bond donors (Lipinski definition) is 1. The van der Waals surface area contributed by atoms with Crippen molar-refractivity contribution >= 4 is 22.6 Å². The number of rotatable bonds is 5. The lowest BCUT2D eigenvalue weighted by Crippen LogP contribution is -2.49. The number of fused-ring (bicyclic) bond motifs is 1. The molecule has 5 rings (SSSR count). The first kappa shape index (κ1) is 20.9. The zero-order chi connectivity index (χ0) is 21.9. The molecule has 2 fully saturated rings. The molecular formula is C26H29N3O3. The van der Waals surface area contributed by atoms with Gasteiger partial charge in [0.05, 0.1) is 25.2 Å². The number of aromatic nitrogens is 1. The Balaban J connectivity index is 1.44. The van der Waals surface area contributed by atoms with Crippen LogP contribution in [-0.2, 0) is 9.53 Å². The summed E-state index contributed by atoms with van der Waals surface area (Å²) in [5.41, 5.74) is 2.64. The molecule has 2 aliphatic rings. The van der Waals surface area contributed by atoms with Crippen molar-refractivity contribution in [3.05, 3.63) is 71.9 Å². The summed E-state index contributed by atoms with van der Waals surface area (Å²) in [6.07, 6.45) is 3.60. The molecule has 2 atom stereocenters. The van der Waals surface area contributed by atoms with Gasteiger partial charge in [0.25, 0.3) is 0 Å². The van der Waals surface area contributed by atoms with Gasteiger partial charge in [0.2, 0.25) is 5.91 Å². The third-order valence-electron chi connectivity index (χ3n) is 6.71.